The standard InChI is InChI=1S/C10H12O4/c1-2-14-10(13)9(12)7-4-5-3-6(5)8(7)11/h5-6,12H,2-4H2,1H3. The smallest absolute Gasteiger partial charge is 0.373 e. The van der Waals surface area contributed by atoms with Crippen LogP contribution in [0, 0.1) is 11.8 Å². The number of hydrogen-bond acceptors (Lipinski definition) is 4. The summed E-state index contributed by atoms with van der Waals surface area (Å²) < 4.78 is 4.62. The Morgan fingerprint density at radius 3 is 2.86 bits per heavy atom. The maximum absolute atomic E-state index is 11.5. The molecule has 2 atom stereocenters. The molecule has 0 aliphatic heterocycles. The fraction of sp³-hybridized carbons (Fsp3) is 0.600. The number of allylic oxidation sites excluding steroid dienone is 1. The lowest BCUT2D eigenvalue weighted by atomic mass is 10.1. The van der Waals surface area contributed by atoms with Crippen molar-refractivity contribution in [3.8, 4) is 0 Å². The number of esters is 1. The molecule has 4 heteroatoms. The molecule has 0 spiro atoms. The Morgan fingerprint density at radius 2 is 2.36 bits per heavy atom. The summed E-state index contributed by atoms with van der Waals surface area (Å²) in [6.07, 6.45) is 1.45. The monoisotopic (exact) mass is 196 g/mol. The molecule has 0 aromatic carbocycles. The molecular formula is C10H12O4. The zero-order valence-corrected chi connectivity index (χ0v) is 7.95. The normalized spacial score (nSPS) is 32.5. The molecule has 0 aromatic rings. The summed E-state index contributed by atoms with van der Waals surface area (Å²) in [6.45, 7) is 1.86. The molecule has 0 aromatic heterocycles. The summed E-state index contributed by atoms with van der Waals surface area (Å²) in [5.74, 6) is -0.891. The fourth-order valence-corrected chi connectivity index (χ4v) is 1.92. The average Bonchev–Trinajstić information content (AvgIpc) is 2.86. The first-order valence-corrected chi connectivity index (χ1v) is 4.78. The van der Waals surface area contributed by atoms with Crippen LogP contribution >= 0.6 is 0 Å². The van der Waals surface area contributed by atoms with Gasteiger partial charge in [-0.2, -0.15) is 0 Å². The third-order valence-electron chi connectivity index (χ3n) is 2.78. The number of ketones is 1. The van der Waals surface area contributed by atoms with Crippen LogP contribution in [-0.2, 0) is 14.3 Å². The van der Waals surface area contributed by atoms with Gasteiger partial charge in [0.1, 0.15) is 0 Å². The molecule has 2 aliphatic carbocycles. The van der Waals surface area contributed by atoms with E-state index < -0.39 is 11.7 Å². The minimum Gasteiger partial charge on any atom is -0.502 e. The van der Waals surface area contributed by atoms with E-state index in [-0.39, 0.29) is 23.9 Å². The molecular weight excluding hydrogens is 184 g/mol. The van der Waals surface area contributed by atoms with Crippen LogP contribution < -0.4 is 0 Å². The molecule has 0 heterocycles. The van der Waals surface area contributed by atoms with Gasteiger partial charge in [-0.15, -0.1) is 0 Å². The second-order valence-electron chi connectivity index (χ2n) is 3.72. The molecule has 0 amide bonds. The van der Waals surface area contributed by atoms with Gasteiger partial charge in [0.15, 0.2) is 5.78 Å². The van der Waals surface area contributed by atoms with Crippen molar-refractivity contribution in [3.05, 3.63) is 11.3 Å². The summed E-state index contributed by atoms with van der Waals surface area (Å²) in [5.41, 5.74) is 0.268. The second-order valence-corrected chi connectivity index (χ2v) is 3.72. The number of rotatable bonds is 2. The minimum atomic E-state index is -0.780. The van der Waals surface area contributed by atoms with Gasteiger partial charge < -0.3 is 9.84 Å². The zero-order valence-electron chi connectivity index (χ0n) is 7.95. The van der Waals surface area contributed by atoms with Crippen molar-refractivity contribution in [2.24, 2.45) is 11.8 Å². The number of aliphatic hydroxyl groups is 1. The van der Waals surface area contributed by atoms with Gasteiger partial charge in [0, 0.05) is 11.5 Å². The van der Waals surface area contributed by atoms with Crippen molar-refractivity contribution in [3.63, 3.8) is 0 Å². The SMILES string of the molecule is CCOC(=O)C(O)=C1CC2CC2C1=O. The third-order valence-corrected chi connectivity index (χ3v) is 2.78. The fourth-order valence-electron chi connectivity index (χ4n) is 1.92. The Bertz CT molecular complexity index is 329. The van der Waals surface area contributed by atoms with Crippen LogP contribution in [0.25, 0.3) is 0 Å². The first-order valence-electron chi connectivity index (χ1n) is 4.78. The number of fused-ring (bicyclic) bond motifs is 1. The molecule has 2 aliphatic rings. The highest BCUT2D eigenvalue weighted by molar-refractivity contribution is 6.07. The van der Waals surface area contributed by atoms with Crippen molar-refractivity contribution in [2.75, 3.05) is 6.61 Å². The Hall–Kier alpha value is -1.32. The number of Topliss-reactive ketones (excluding diaryl/α,β-unsaturated/α-hetero) is 1. The molecule has 1 N–H and O–H groups in total. The maximum Gasteiger partial charge on any atom is 0.373 e. The Morgan fingerprint density at radius 1 is 1.64 bits per heavy atom. The van der Waals surface area contributed by atoms with Gasteiger partial charge >= 0.3 is 5.97 Å². The van der Waals surface area contributed by atoms with Gasteiger partial charge in [-0.3, -0.25) is 4.79 Å². The van der Waals surface area contributed by atoms with E-state index in [2.05, 4.69) is 4.74 Å². The van der Waals surface area contributed by atoms with Crippen molar-refractivity contribution in [1.29, 1.82) is 0 Å². The Labute approximate surface area is 81.6 Å². The zero-order chi connectivity index (χ0) is 10.3. The van der Waals surface area contributed by atoms with Crippen LogP contribution in [0.4, 0.5) is 0 Å². The van der Waals surface area contributed by atoms with Crippen LogP contribution in [0.1, 0.15) is 19.8 Å². The number of ether oxygens (including phenoxy) is 1. The Balaban J connectivity index is 2.15. The molecule has 76 valence electrons. The second kappa shape index (κ2) is 3.12. The summed E-state index contributed by atoms with van der Waals surface area (Å²) in [4.78, 5) is 22.6. The van der Waals surface area contributed by atoms with Crippen LogP contribution in [0.3, 0.4) is 0 Å². The van der Waals surface area contributed by atoms with Gasteiger partial charge in [0.05, 0.1) is 6.61 Å². The molecule has 2 fully saturated rings. The molecule has 2 rings (SSSR count). The van der Waals surface area contributed by atoms with Crippen molar-refractivity contribution in [1.82, 2.24) is 0 Å². The lowest BCUT2D eigenvalue weighted by Gasteiger charge is -2.04. The average molecular weight is 196 g/mol. The van der Waals surface area contributed by atoms with E-state index in [1.165, 1.54) is 0 Å². The van der Waals surface area contributed by atoms with Crippen molar-refractivity contribution >= 4 is 11.8 Å². The summed E-state index contributed by atoms with van der Waals surface area (Å²) in [7, 11) is 0. The van der Waals surface area contributed by atoms with E-state index in [0.29, 0.717) is 12.3 Å². The van der Waals surface area contributed by atoms with Gasteiger partial charge in [0.25, 0.3) is 0 Å². The van der Waals surface area contributed by atoms with E-state index in [0.717, 1.165) is 6.42 Å². The summed E-state index contributed by atoms with van der Waals surface area (Å²) in [5, 5.41) is 9.44. The highest BCUT2D eigenvalue weighted by atomic mass is 16.5. The van der Waals surface area contributed by atoms with Crippen LogP contribution in [0.15, 0.2) is 11.3 Å². The number of aliphatic hydroxyl groups excluding tert-OH is 1. The molecule has 0 radical (unpaired) electrons. The predicted octanol–water partition coefficient (Wildman–Crippen LogP) is 0.971. The third kappa shape index (κ3) is 1.31. The Kier molecular flexibility index (Phi) is 2.06. The molecule has 4 nitrogen and oxygen atoms in total. The van der Waals surface area contributed by atoms with Gasteiger partial charge in [-0.05, 0) is 25.7 Å². The van der Waals surface area contributed by atoms with Crippen LogP contribution in [-0.4, -0.2) is 23.5 Å². The molecule has 2 saturated carbocycles. The van der Waals surface area contributed by atoms with Crippen LogP contribution in [0.2, 0.25) is 0 Å². The molecule has 0 bridgehead atoms. The molecule has 14 heavy (non-hydrogen) atoms. The number of hydrogen-bond donors (Lipinski definition) is 1. The minimum absolute atomic E-state index is 0.0689. The van der Waals surface area contributed by atoms with E-state index >= 15 is 0 Å². The summed E-state index contributed by atoms with van der Waals surface area (Å²) >= 11 is 0. The van der Waals surface area contributed by atoms with E-state index in [9.17, 15) is 14.7 Å². The predicted molar refractivity (Wildman–Crippen MR) is 47.5 cm³/mol. The lowest BCUT2D eigenvalue weighted by molar-refractivity contribution is -0.142. The van der Waals surface area contributed by atoms with Crippen molar-refractivity contribution in [2.45, 2.75) is 19.8 Å². The lowest BCUT2D eigenvalue weighted by Crippen LogP contribution is -2.13. The van der Waals surface area contributed by atoms with Gasteiger partial charge in [-0.1, -0.05) is 0 Å². The first kappa shape index (κ1) is 9.24. The number of carbonyl (C=O) groups excluding carboxylic acids is 2. The quantitative estimate of drug-likeness (QED) is 0.406. The topological polar surface area (TPSA) is 63.6 Å². The molecule has 0 saturated heterocycles. The van der Waals surface area contributed by atoms with E-state index in [1.54, 1.807) is 6.92 Å². The molecule has 2 unspecified atom stereocenters. The van der Waals surface area contributed by atoms with Crippen LogP contribution in [0.5, 0.6) is 0 Å². The first-order chi connectivity index (χ1) is 6.65. The maximum atomic E-state index is 11.5. The summed E-state index contributed by atoms with van der Waals surface area (Å²) in [6, 6.07) is 0. The van der Waals surface area contributed by atoms with E-state index in [4.69, 9.17) is 0 Å². The number of carbonyl (C=O) groups is 2. The largest absolute Gasteiger partial charge is 0.502 e. The van der Waals surface area contributed by atoms with E-state index in [1.807, 2.05) is 0 Å². The highest BCUT2D eigenvalue weighted by Gasteiger charge is 2.52. The highest BCUT2D eigenvalue weighted by Crippen LogP contribution is 2.52. The van der Waals surface area contributed by atoms with Gasteiger partial charge in [-0.25, -0.2) is 4.79 Å². The van der Waals surface area contributed by atoms with Crippen molar-refractivity contribution < 1.29 is 19.4 Å². The van der Waals surface area contributed by atoms with Gasteiger partial charge in [0.2, 0.25) is 5.76 Å².